The third kappa shape index (κ3) is 3.88. The Balaban J connectivity index is 1.13. The molecule has 2 saturated heterocycles. The minimum atomic E-state index is -1.07. The monoisotopic (exact) mass is 474 g/mol. The summed E-state index contributed by atoms with van der Waals surface area (Å²) in [7, 11) is 0. The van der Waals surface area contributed by atoms with Gasteiger partial charge in [-0.1, -0.05) is 0 Å². The number of carbonyl (C=O) groups excluding carboxylic acids is 3. The van der Waals surface area contributed by atoms with Gasteiger partial charge in [-0.2, -0.15) is 0 Å². The molecule has 3 N–H and O–H groups in total. The van der Waals surface area contributed by atoms with Crippen LogP contribution in [0.4, 0.5) is 0 Å². The molecule has 6 rings (SSSR count). The maximum atomic E-state index is 12.9. The molecule has 3 aliphatic heterocycles. The third-order valence-corrected chi connectivity index (χ3v) is 7.39. The van der Waals surface area contributed by atoms with Gasteiger partial charge in [0.15, 0.2) is 0 Å². The Hall–Kier alpha value is -3.63. The number of fused-ring (bicyclic) bond motifs is 2. The maximum absolute atomic E-state index is 12.9. The van der Waals surface area contributed by atoms with Crippen molar-refractivity contribution in [2.24, 2.45) is 0 Å². The van der Waals surface area contributed by atoms with Gasteiger partial charge in [0, 0.05) is 38.4 Å². The topological polar surface area (TPSA) is 132 Å². The molecule has 0 radical (unpaired) electrons. The average Bonchev–Trinajstić information content (AvgIpc) is 3.44. The first kappa shape index (κ1) is 21.9. The van der Waals surface area contributed by atoms with Crippen LogP contribution in [0.2, 0.25) is 0 Å². The lowest BCUT2D eigenvalue weighted by Crippen LogP contribution is -2.52. The van der Waals surface area contributed by atoms with Crippen LogP contribution in [0, 0.1) is 0 Å². The number of pyridine rings is 2. The van der Waals surface area contributed by atoms with Crippen LogP contribution >= 0.6 is 0 Å². The number of likely N-dealkylation sites (tertiary alicyclic amines) is 1. The van der Waals surface area contributed by atoms with Crippen molar-refractivity contribution in [1.29, 1.82) is 0 Å². The van der Waals surface area contributed by atoms with Crippen molar-refractivity contribution in [1.82, 2.24) is 30.1 Å². The van der Waals surface area contributed by atoms with E-state index in [0.29, 0.717) is 49.3 Å². The summed E-state index contributed by atoms with van der Waals surface area (Å²) in [6.45, 7) is 2.37. The Kier molecular flexibility index (Phi) is 5.15. The molecule has 1 unspecified atom stereocenters. The molecule has 6 heterocycles. The normalized spacial score (nSPS) is 22.5. The van der Waals surface area contributed by atoms with Crippen LogP contribution < -0.4 is 5.32 Å². The van der Waals surface area contributed by atoms with E-state index in [9.17, 15) is 19.5 Å². The van der Waals surface area contributed by atoms with Gasteiger partial charge in [-0.15, -0.1) is 0 Å². The van der Waals surface area contributed by atoms with E-state index in [1.165, 1.54) is 4.90 Å². The molecule has 2 fully saturated rings. The SMILES string of the molecule is O=C1CCC(N2Cc3nc(C4(O)CCN(Cc5cnc6cc[nH]c6c5)CC4)ccc3C2=O)C(=O)N1. The van der Waals surface area contributed by atoms with E-state index in [1.54, 1.807) is 12.1 Å². The number of aromatic nitrogens is 3. The summed E-state index contributed by atoms with van der Waals surface area (Å²) in [6, 6.07) is 6.80. The number of aliphatic hydroxyl groups is 1. The molecule has 0 saturated carbocycles. The lowest BCUT2D eigenvalue weighted by atomic mass is 9.87. The van der Waals surface area contributed by atoms with Crippen LogP contribution in [0.3, 0.4) is 0 Å². The summed E-state index contributed by atoms with van der Waals surface area (Å²) in [4.78, 5) is 52.8. The average molecular weight is 475 g/mol. The number of nitrogens with zero attached hydrogens (tertiary/aromatic N) is 4. The summed E-state index contributed by atoms with van der Waals surface area (Å²) in [5.74, 6) is -1.02. The largest absolute Gasteiger partial charge is 0.383 e. The number of aromatic amines is 1. The molecule has 3 amide bonds. The predicted molar refractivity (Wildman–Crippen MR) is 125 cm³/mol. The van der Waals surface area contributed by atoms with E-state index < -0.39 is 17.6 Å². The summed E-state index contributed by atoms with van der Waals surface area (Å²) < 4.78 is 0. The zero-order chi connectivity index (χ0) is 24.2. The third-order valence-electron chi connectivity index (χ3n) is 7.39. The van der Waals surface area contributed by atoms with Gasteiger partial charge in [0.1, 0.15) is 11.6 Å². The van der Waals surface area contributed by atoms with Crippen molar-refractivity contribution in [2.75, 3.05) is 13.1 Å². The fraction of sp³-hybridized carbons (Fsp3) is 0.400. The molecule has 3 aliphatic rings. The van der Waals surface area contributed by atoms with E-state index in [4.69, 9.17) is 0 Å². The van der Waals surface area contributed by atoms with Gasteiger partial charge >= 0.3 is 0 Å². The van der Waals surface area contributed by atoms with Crippen molar-refractivity contribution in [3.8, 4) is 0 Å². The van der Waals surface area contributed by atoms with Crippen LogP contribution in [0.1, 0.15) is 53.0 Å². The van der Waals surface area contributed by atoms with Crippen LogP contribution in [-0.2, 0) is 28.3 Å². The number of piperidine rings is 2. The molecule has 0 aliphatic carbocycles. The highest BCUT2D eigenvalue weighted by atomic mass is 16.3. The highest BCUT2D eigenvalue weighted by Crippen LogP contribution is 2.35. The van der Waals surface area contributed by atoms with Crippen LogP contribution in [0.25, 0.3) is 11.0 Å². The molecule has 180 valence electrons. The molecule has 10 heteroatoms. The molecule has 3 aromatic rings. The number of imide groups is 1. The van der Waals surface area contributed by atoms with E-state index in [2.05, 4.69) is 31.2 Å². The number of amides is 3. The fourth-order valence-electron chi connectivity index (χ4n) is 5.35. The number of hydrogen-bond donors (Lipinski definition) is 3. The van der Waals surface area contributed by atoms with Crippen molar-refractivity contribution in [3.63, 3.8) is 0 Å². The molecule has 0 spiro atoms. The second-order valence-corrected chi connectivity index (χ2v) is 9.65. The summed E-state index contributed by atoms with van der Waals surface area (Å²) in [5, 5.41) is 13.7. The molecule has 35 heavy (non-hydrogen) atoms. The minimum absolute atomic E-state index is 0.199. The van der Waals surface area contributed by atoms with E-state index >= 15 is 0 Å². The Morgan fingerprint density at radius 3 is 2.77 bits per heavy atom. The second-order valence-electron chi connectivity index (χ2n) is 9.65. The van der Waals surface area contributed by atoms with Gasteiger partial charge in [0.2, 0.25) is 11.8 Å². The summed E-state index contributed by atoms with van der Waals surface area (Å²) in [6.07, 6.45) is 5.35. The standard InChI is InChI=1S/C25H26N6O4/c32-22-4-2-20(23(33)29-22)31-14-19-16(24(31)34)1-3-21(28-19)25(35)6-9-30(10-7-25)13-15-11-18-17(27-12-15)5-8-26-18/h1,3,5,8,11-12,20,26,35H,2,4,6-7,9-10,13-14H2,(H,29,32,33). The Morgan fingerprint density at radius 1 is 1.14 bits per heavy atom. The molecule has 0 aromatic carbocycles. The lowest BCUT2D eigenvalue weighted by Gasteiger charge is -2.38. The summed E-state index contributed by atoms with van der Waals surface area (Å²) >= 11 is 0. The Morgan fingerprint density at radius 2 is 1.97 bits per heavy atom. The highest BCUT2D eigenvalue weighted by molar-refractivity contribution is 6.05. The van der Waals surface area contributed by atoms with Gasteiger partial charge in [0.05, 0.1) is 34.5 Å². The number of nitrogens with one attached hydrogen (secondary N) is 2. The van der Waals surface area contributed by atoms with Crippen molar-refractivity contribution >= 4 is 28.8 Å². The smallest absolute Gasteiger partial charge is 0.256 e. The molecule has 3 aromatic heterocycles. The number of rotatable bonds is 4. The minimum Gasteiger partial charge on any atom is -0.383 e. The Bertz CT molecular complexity index is 1340. The molecule has 10 nitrogen and oxygen atoms in total. The lowest BCUT2D eigenvalue weighted by molar-refractivity contribution is -0.136. The van der Waals surface area contributed by atoms with E-state index in [-0.39, 0.29) is 24.8 Å². The zero-order valence-corrected chi connectivity index (χ0v) is 19.2. The van der Waals surface area contributed by atoms with Gasteiger partial charge < -0.3 is 15.0 Å². The maximum Gasteiger partial charge on any atom is 0.256 e. The number of carbonyl (C=O) groups is 3. The van der Waals surface area contributed by atoms with Crippen molar-refractivity contribution in [2.45, 2.75) is 50.4 Å². The fourth-order valence-corrected chi connectivity index (χ4v) is 5.35. The van der Waals surface area contributed by atoms with Crippen molar-refractivity contribution in [3.05, 3.63) is 59.2 Å². The van der Waals surface area contributed by atoms with E-state index in [1.807, 2.05) is 18.5 Å². The first-order chi connectivity index (χ1) is 16.9. The van der Waals surface area contributed by atoms with Crippen LogP contribution in [0.5, 0.6) is 0 Å². The number of H-pyrrole nitrogens is 1. The van der Waals surface area contributed by atoms with Crippen LogP contribution in [-0.4, -0.2) is 66.7 Å². The van der Waals surface area contributed by atoms with Crippen LogP contribution in [0.15, 0.2) is 36.7 Å². The second kappa shape index (κ2) is 8.24. The van der Waals surface area contributed by atoms with Gasteiger partial charge in [-0.25, -0.2) is 0 Å². The van der Waals surface area contributed by atoms with Crippen molar-refractivity contribution < 1.29 is 19.5 Å². The number of hydrogen-bond acceptors (Lipinski definition) is 7. The van der Waals surface area contributed by atoms with Gasteiger partial charge in [-0.3, -0.25) is 34.6 Å². The first-order valence-corrected chi connectivity index (χ1v) is 11.9. The Labute approximate surface area is 201 Å². The molecule has 0 bridgehead atoms. The van der Waals surface area contributed by atoms with Gasteiger partial charge in [-0.05, 0) is 49.1 Å². The molecular formula is C25H26N6O4. The molecular weight excluding hydrogens is 448 g/mol. The summed E-state index contributed by atoms with van der Waals surface area (Å²) in [5.41, 5.74) is 3.58. The predicted octanol–water partition coefficient (Wildman–Crippen LogP) is 1.20. The van der Waals surface area contributed by atoms with E-state index in [0.717, 1.165) is 23.1 Å². The van der Waals surface area contributed by atoms with Gasteiger partial charge in [0.25, 0.3) is 5.91 Å². The quantitative estimate of drug-likeness (QED) is 0.484. The first-order valence-electron chi connectivity index (χ1n) is 11.9. The highest BCUT2D eigenvalue weighted by Gasteiger charge is 2.41. The molecule has 1 atom stereocenters. The zero-order valence-electron chi connectivity index (χ0n) is 19.2.